The number of nitrogens with two attached hydrogens (primary N) is 1. The molecule has 140 valence electrons. The fourth-order valence-corrected chi connectivity index (χ4v) is 2.73. The second kappa shape index (κ2) is 8.10. The van der Waals surface area contributed by atoms with Gasteiger partial charge in [-0.3, -0.25) is 4.79 Å². The van der Waals surface area contributed by atoms with Gasteiger partial charge in [0.05, 0.1) is 19.9 Å². The van der Waals surface area contributed by atoms with Crippen LogP contribution in [0.15, 0.2) is 60.3 Å². The largest absolute Gasteiger partial charge is 0.493 e. The lowest BCUT2D eigenvalue weighted by Gasteiger charge is -2.09. The van der Waals surface area contributed by atoms with Gasteiger partial charge in [-0.2, -0.15) is 10.4 Å². The van der Waals surface area contributed by atoms with E-state index in [0.29, 0.717) is 22.8 Å². The lowest BCUT2D eigenvalue weighted by molar-refractivity contribution is -0.114. The normalized spacial score (nSPS) is 11.0. The van der Waals surface area contributed by atoms with Gasteiger partial charge in [0, 0.05) is 17.3 Å². The SMILES string of the molecule is COc1ccc(-c2nn(-c3ccccc3)cc2C=C(C#N)C(N)=O)cc1OC. The Morgan fingerprint density at radius 1 is 1.14 bits per heavy atom. The van der Waals surface area contributed by atoms with Crippen molar-refractivity contribution in [3.63, 3.8) is 0 Å². The van der Waals surface area contributed by atoms with Crippen molar-refractivity contribution in [2.45, 2.75) is 0 Å². The van der Waals surface area contributed by atoms with Crippen LogP contribution < -0.4 is 15.2 Å². The predicted molar refractivity (Wildman–Crippen MR) is 105 cm³/mol. The summed E-state index contributed by atoms with van der Waals surface area (Å²) in [6, 6.07) is 16.7. The van der Waals surface area contributed by atoms with E-state index in [9.17, 15) is 10.1 Å². The molecule has 0 saturated heterocycles. The fourth-order valence-electron chi connectivity index (χ4n) is 2.73. The number of ether oxygens (including phenoxy) is 2. The van der Waals surface area contributed by atoms with Crippen LogP contribution in [-0.2, 0) is 4.79 Å². The van der Waals surface area contributed by atoms with Crippen molar-refractivity contribution in [3.05, 3.63) is 65.9 Å². The first-order valence-electron chi connectivity index (χ1n) is 8.36. The average molecular weight is 374 g/mol. The zero-order valence-electron chi connectivity index (χ0n) is 15.4. The van der Waals surface area contributed by atoms with Gasteiger partial charge in [0.15, 0.2) is 11.5 Å². The van der Waals surface area contributed by atoms with Gasteiger partial charge in [-0.1, -0.05) is 18.2 Å². The number of carbonyl (C=O) groups is 1. The fraction of sp³-hybridized carbons (Fsp3) is 0.0952. The first-order chi connectivity index (χ1) is 13.6. The summed E-state index contributed by atoms with van der Waals surface area (Å²) in [7, 11) is 3.10. The highest BCUT2D eigenvalue weighted by Crippen LogP contribution is 2.34. The monoisotopic (exact) mass is 374 g/mol. The molecule has 7 heteroatoms. The number of benzene rings is 2. The third kappa shape index (κ3) is 3.71. The Hall–Kier alpha value is -4.05. The molecule has 1 heterocycles. The van der Waals surface area contributed by atoms with Crippen LogP contribution in [0.25, 0.3) is 23.0 Å². The minimum absolute atomic E-state index is 0.158. The quantitative estimate of drug-likeness (QED) is 0.528. The van der Waals surface area contributed by atoms with Crippen LogP contribution >= 0.6 is 0 Å². The maximum Gasteiger partial charge on any atom is 0.259 e. The van der Waals surface area contributed by atoms with Crippen LogP contribution in [0.1, 0.15) is 5.56 Å². The second-order valence-electron chi connectivity index (χ2n) is 5.82. The molecule has 3 aromatic rings. The molecule has 2 N–H and O–H groups in total. The molecule has 0 spiro atoms. The summed E-state index contributed by atoms with van der Waals surface area (Å²) in [5.41, 5.74) is 7.85. The van der Waals surface area contributed by atoms with E-state index in [-0.39, 0.29) is 5.57 Å². The maximum absolute atomic E-state index is 11.5. The third-order valence-electron chi connectivity index (χ3n) is 4.11. The van der Waals surface area contributed by atoms with Gasteiger partial charge in [0.25, 0.3) is 5.91 Å². The van der Waals surface area contributed by atoms with E-state index in [4.69, 9.17) is 15.2 Å². The summed E-state index contributed by atoms with van der Waals surface area (Å²) in [4.78, 5) is 11.5. The van der Waals surface area contributed by atoms with Crippen molar-refractivity contribution in [2.75, 3.05) is 14.2 Å². The second-order valence-corrected chi connectivity index (χ2v) is 5.82. The average Bonchev–Trinajstić information content (AvgIpc) is 3.15. The number of aromatic nitrogens is 2. The molecule has 3 rings (SSSR count). The molecule has 2 aromatic carbocycles. The smallest absolute Gasteiger partial charge is 0.259 e. The van der Waals surface area contributed by atoms with Gasteiger partial charge in [-0.15, -0.1) is 0 Å². The maximum atomic E-state index is 11.5. The predicted octanol–water partition coefficient (Wildman–Crippen LogP) is 2.95. The number of para-hydroxylation sites is 1. The summed E-state index contributed by atoms with van der Waals surface area (Å²) in [6.07, 6.45) is 3.17. The summed E-state index contributed by atoms with van der Waals surface area (Å²) in [5, 5.41) is 13.9. The lowest BCUT2D eigenvalue weighted by atomic mass is 10.1. The molecule has 0 aliphatic rings. The first-order valence-corrected chi connectivity index (χ1v) is 8.36. The molecule has 0 aliphatic carbocycles. The highest BCUT2D eigenvalue weighted by molar-refractivity contribution is 6.01. The molecule has 0 atom stereocenters. The minimum Gasteiger partial charge on any atom is -0.493 e. The Balaban J connectivity index is 2.20. The molecule has 0 unspecified atom stereocenters. The molecule has 7 nitrogen and oxygen atoms in total. The molecular formula is C21H18N4O3. The number of nitrogens with zero attached hydrogens (tertiary/aromatic N) is 3. The van der Waals surface area contributed by atoms with Crippen molar-refractivity contribution in [1.29, 1.82) is 5.26 Å². The van der Waals surface area contributed by atoms with Crippen LogP contribution in [0.4, 0.5) is 0 Å². The van der Waals surface area contributed by atoms with E-state index in [1.54, 1.807) is 37.2 Å². The lowest BCUT2D eigenvalue weighted by Crippen LogP contribution is -2.12. The number of rotatable bonds is 6. The third-order valence-corrected chi connectivity index (χ3v) is 4.11. The first kappa shape index (κ1) is 18.7. The van der Waals surface area contributed by atoms with Crippen LogP contribution in [0.5, 0.6) is 11.5 Å². The molecule has 0 fully saturated rings. The van der Waals surface area contributed by atoms with Gasteiger partial charge in [-0.05, 0) is 36.4 Å². The van der Waals surface area contributed by atoms with Crippen molar-refractivity contribution in [3.8, 4) is 34.5 Å². The van der Waals surface area contributed by atoms with Gasteiger partial charge < -0.3 is 15.2 Å². The zero-order chi connectivity index (χ0) is 20.1. The van der Waals surface area contributed by atoms with Crippen molar-refractivity contribution in [1.82, 2.24) is 9.78 Å². The Labute approximate surface area is 162 Å². The standard InChI is InChI=1S/C21H18N4O3/c1-27-18-9-8-14(11-19(18)28-2)20-16(10-15(12-22)21(23)26)13-25(24-20)17-6-4-3-5-7-17/h3-11,13H,1-2H3,(H2,23,26). The topological polar surface area (TPSA) is 103 Å². The Morgan fingerprint density at radius 3 is 2.46 bits per heavy atom. The van der Waals surface area contributed by atoms with Gasteiger partial charge >= 0.3 is 0 Å². The van der Waals surface area contributed by atoms with Gasteiger partial charge in [0.2, 0.25) is 0 Å². The van der Waals surface area contributed by atoms with Crippen LogP contribution in [0, 0.1) is 11.3 Å². The summed E-state index contributed by atoms with van der Waals surface area (Å²) >= 11 is 0. The van der Waals surface area contributed by atoms with Crippen molar-refractivity contribution >= 4 is 12.0 Å². The summed E-state index contributed by atoms with van der Waals surface area (Å²) < 4.78 is 12.3. The van der Waals surface area contributed by atoms with Gasteiger partial charge in [0.1, 0.15) is 17.3 Å². The highest BCUT2D eigenvalue weighted by atomic mass is 16.5. The Kier molecular flexibility index (Phi) is 5.42. The number of methoxy groups -OCH3 is 2. The number of primary amides is 1. The van der Waals surface area contributed by atoms with Crippen molar-refractivity contribution in [2.24, 2.45) is 5.73 Å². The molecule has 0 saturated carbocycles. The molecule has 0 aliphatic heterocycles. The summed E-state index contributed by atoms with van der Waals surface area (Å²) in [6.45, 7) is 0. The molecule has 1 aromatic heterocycles. The number of hydrogen-bond acceptors (Lipinski definition) is 5. The van der Waals surface area contributed by atoms with E-state index < -0.39 is 5.91 Å². The number of carbonyl (C=O) groups excluding carboxylic acids is 1. The van der Waals surface area contributed by atoms with Crippen LogP contribution in [0.2, 0.25) is 0 Å². The molecule has 28 heavy (non-hydrogen) atoms. The highest BCUT2D eigenvalue weighted by Gasteiger charge is 2.15. The van der Waals surface area contributed by atoms with Crippen LogP contribution in [-0.4, -0.2) is 29.9 Å². The van der Waals surface area contributed by atoms with E-state index in [0.717, 1.165) is 11.3 Å². The van der Waals surface area contributed by atoms with Gasteiger partial charge in [-0.25, -0.2) is 4.68 Å². The van der Waals surface area contributed by atoms with Crippen LogP contribution in [0.3, 0.4) is 0 Å². The number of amides is 1. The van der Waals surface area contributed by atoms with Crippen molar-refractivity contribution < 1.29 is 14.3 Å². The molecule has 0 bridgehead atoms. The Morgan fingerprint density at radius 2 is 1.86 bits per heavy atom. The van der Waals surface area contributed by atoms with E-state index in [1.807, 2.05) is 42.5 Å². The zero-order valence-corrected chi connectivity index (χ0v) is 15.4. The number of hydrogen-bond donors (Lipinski definition) is 1. The minimum atomic E-state index is -0.798. The molecular weight excluding hydrogens is 356 g/mol. The molecule has 0 radical (unpaired) electrons. The van der Waals surface area contributed by atoms with E-state index in [2.05, 4.69) is 5.10 Å². The summed E-state index contributed by atoms with van der Waals surface area (Å²) in [5.74, 6) is 0.327. The Bertz CT molecular complexity index is 1080. The number of nitriles is 1. The van der Waals surface area contributed by atoms with E-state index in [1.165, 1.54) is 6.08 Å². The molecule has 1 amide bonds. The van der Waals surface area contributed by atoms with E-state index >= 15 is 0 Å².